The molecule has 7 nitrogen and oxygen atoms in total. The zero-order chi connectivity index (χ0) is 35.1. The van der Waals surface area contributed by atoms with Gasteiger partial charge in [0.1, 0.15) is 40.2 Å². The molecule has 0 aliphatic carbocycles. The molecule has 0 unspecified atom stereocenters. The second-order valence-electron chi connectivity index (χ2n) is 13.2. The van der Waals surface area contributed by atoms with Crippen LogP contribution in [0.3, 0.4) is 0 Å². The van der Waals surface area contributed by atoms with E-state index in [4.69, 9.17) is 32.7 Å². The topological polar surface area (TPSA) is 82.9 Å². The SMILES string of the molecule is CCCC[C@@H]1N(c2ccc(C(=O)OC)c(OC)c2)C(=O)C2=C(c3cccc(Cl)c3F)[C@@](C#N)(c3ccc(Cl)cc3F)[C@H](CC(C)(C)C)N21. The van der Waals surface area contributed by atoms with Crippen LogP contribution in [0.15, 0.2) is 60.3 Å². The van der Waals surface area contributed by atoms with Crippen LogP contribution in [-0.2, 0) is 14.9 Å². The largest absolute Gasteiger partial charge is 0.496 e. The summed E-state index contributed by atoms with van der Waals surface area (Å²) in [5.74, 6) is -2.49. The highest BCUT2D eigenvalue weighted by atomic mass is 35.5. The lowest BCUT2D eigenvalue weighted by Gasteiger charge is -2.43. The van der Waals surface area contributed by atoms with Crippen LogP contribution in [0.1, 0.15) is 74.9 Å². The molecule has 1 saturated heterocycles. The molecule has 1 fully saturated rings. The molecule has 3 aromatic carbocycles. The molecule has 1 amide bonds. The van der Waals surface area contributed by atoms with Gasteiger partial charge in [-0.05, 0) is 55.0 Å². The molecule has 0 N–H and O–H groups in total. The fourth-order valence-corrected chi connectivity index (χ4v) is 7.36. The third-order valence-corrected chi connectivity index (χ3v) is 9.54. The second-order valence-corrected chi connectivity index (χ2v) is 14.1. The minimum atomic E-state index is -1.85. The van der Waals surface area contributed by atoms with Gasteiger partial charge in [-0.2, -0.15) is 5.26 Å². The van der Waals surface area contributed by atoms with E-state index >= 15 is 13.6 Å². The van der Waals surface area contributed by atoms with Gasteiger partial charge >= 0.3 is 5.97 Å². The Labute approximate surface area is 289 Å². The smallest absolute Gasteiger partial charge is 0.341 e. The van der Waals surface area contributed by atoms with Crippen molar-refractivity contribution in [2.45, 2.75) is 71.0 Å². The maximum Gasteiger partial charge on any atom is 0.341 e. The summed E-state index contributed by atoms with van der Waals surface area (Å²) in [7, 11) is 2.67. The Hall–Kier alpha value is -4.13. The first-order valence-electron chi connectivity index (χ1n) is 15.7. The molecule has 48 heavy (non-hydrogen) atoms. The highest BCUT2D eigenvalue weighted by molar-refractivity contribution is 6.31. The maximum absolute atomic E-state index is 16.2. The van der Waals surface area contributed by atoms with Gasteiger partial charge in [0.25, 0.3) is 5.91 Å². The molecule has 252 valence electrons. The molecule has 0 saturated carbocycles. The zero-order valence-electron chi connectivity index (χ0n) is 27.7. The van der Waals surface area contributed by atoms with Crippen LogP contribution in [-0.4, -0.2) is 43.2 Å². The average Bonchev–Trinajstić information content (AvgIpc) is 3.48. The van der Waals surface area contributed by atoms with Crippen molar-refractivity contribution in [2.75, 3.05) is 19.1 Å². The summed E-state index contributed by atoms with van der Waals surface area (Å²) in [4.78, 5) is 31.0. The number of hydrogen-bond donors (Lipinski definition) is 0. The van der Waals surface area contributed by atoms with Crippen molar-refractivity contribution >= 4 is 46.3 Å². The number of nitriles is 1. The number of carbonyl (C=O) groups is 2. The number of nitrogens with zero attached hydrogens (tertiary/aromatic N) is 3. The number of benzene rings is 3. The maximum atomic E-state index is 16.2. The number of fused-ring (bicyclic) bond motifs is 1. The van der Waals surface area contributed by atoms with E-state index in [2.05, 4.69) is 6.07 Å². The van der Waals surface area contributed by atoms with Crippen LogP contribution in [0.4, 0.5) is 14.5 Å². The van der Waals surface area contributed by atoms with Crippen LogP contribution >= 0.6 is 23.2 Å². The van der Waals surface area contributed by atoms with E-state index in [0.29, 0.717) is 24.9 Å². The molecule has 0 spiro atoms. The first-order chi connectivity index (χ1) is 22.7. The van der Waals surface area contributed by atoms with Gasteiger partial charge in [-0.15, -0.1) is 0 Å². The standard InChI is InChI=1S/C37H37Cl2F2N3O4/c1-7-8-12-30-43(22-14-15-23(35(46)48-6)28(18-22)47-5)34(45)33-31(24-10-9-11-26(39)32(24)41)37(20-42,25-16-13-21(38)17-27(25)40)29(44(30)33)19-36(2,3)4/h9-11,13-18,29-30H,7-8,12,19H2,1-6H3/t29-,30+,37-/m0/s1. The Morgan fingerprint density at radius 1 is 1.08 bits per heavy atom. The van der Waals surface area contributed by atoms with Crippen molar-refractivity contribution in [3.8, 4) is 11.8 Å². The van der Waals surface area contributed by atoms with Crippen LogP contribution in [0.5, 0.6) is 5.75 Å². The Balaban J connectivity index is 1.90. The fraction of sp³-hybridized carbons (Fsp3) is 0.378. The lowest BCUT2D eigenvalue weighted by molar-refractivity contribution is -0.114. The van der Waals surface area contributed by atoms with Gasteiger partial charge in [-0.1, -0.05) is 75.5 Å². The summed E-state index contributed by atoms with van der Waals surface area (Å²) in [5.41, 5.74) is -1.65. The molecule has 3 atom stereocenters. The highest BCUT2D eigenvalue weighted by Crippen LogP contribution is 2.59. The molecular weight excluding hydrogens is 659 g/mol. The molecule has 2 heterocycles. The Morgan fingerprint density at radius 2 is 1.81 bits per heavy atom. The molecule has 5 rings (SSSR count). The summed E-state index contributed by atoms with van der Waals surface area (Å²) in [5, 5.41) is 11.3. The van der Waals surface area contributed by atoms with E-state index in [1.165, 1.54) is 50.6 Å². The highest BCUT2D eigenvalue weighted by Gasteiger charge is 2.63. The number of anilines is 1. The first-order valence-corrected chi connectivity index (χ1v) is 16.4. The molecule has 3 aromatic rings. The van der Waals surface area contributed by atoms with Crippen LogP contribution in [0, 0.1) is 28.4 Å². The number of hydrogen-bond acceptors (Lipinski definition) is 6. The summed E-state index contributed by atoms with van der Waals surface area (Å²) in [6, 6.07) is 14.8. The van der Waals surface area contributed by atoms with Gasteiger partial charge in [0.15, 0.2) is 0 Å². The third-order valence-electron chi connectivity index (χ3n) is 9.01. The number of amides is 1. The first kappa shape index (κ1) is 35.2. The van der Waals surface area contributed by atoms with E-state index in [-0.39, 0.29) is 43.8 Å². The van der Waals surface area contributed by atoms with E-state index in [1.54, 1.807) is 17.0 Å². The number of halogens is 4. The van der Waals surface area contributed by atoms with E-state index in [0.717, 1.165) is 12.5 Å². The quantitative estimate of drug-likeness (QED) is 0.208. The summed E-state index contributed by atoms with van der Waals surface area (Å²) in [6.45, 7) is 8.02. The lowest BCUT2D eigenvalue weighted by atomic mass is 9.65. The number of esters is 1. The summed E-state index contributed by atoms with van der Waals surface area (Å²) >= 11 is 12.5. The number of carbonyl (C=O) groups excluding carboxylic acids is 2. The van der Waals surface area contributed by atoms with E-state index in [9.17, 15) is 10.1 Å². The van der Waals surface area contributed by atoms with Crippen molar-refractivity contribution in [3.63, 3.8) is 0 Å². The predicted molar refractivity (Wildman–Crippen MR) is 182 cm³/mol. The molecule has 0 aromatic heterocycles. The molecule has 0 radical (unpaired) electrons. The Bertz CT molecular complexity index is 1850. The van der Waals surface area contributed by atoms with E-state index in [1.807, 2.05) is 32.6 Å². The van der Waals surface area contributed by atoms with Crippen LogP contribution in [0.25, 0.3) is 5.57 Å². The normalized spacial score (nSPS) is 20.6. The number of ether oxygens (including phenoxy) is 2. The van der Waals surface area contributed by atoms with Crippen LogP contribution < -0.4 is 9.64 Å². The Morgan fingerprint density at radius 3 is 2.42 bits per heavy atom. The van der Waals surface area contributed by atoms with Crippen molar-refractivity contribution in [1.82, 2.24) is 4.90 Å². The minimum Gasteiger partial charge on any atom is -0.496 e. The summed E-state index contributed by atoms with van der Waals surface area (Å²) in [6.07, 6.45) is 1.64. The van der Waals surface area contributed by atoms with Gasteiger partial charge in [0.05, 0.1) is 31.4 Å². The van der Waals surface area contributed by atoms with Crippen molar-refractivity contribution in [2.24, 2.45) is 5.41 Å². The van der Waals surface area contributed by atoms with Crippen molar-refractivity contribution in [1.29, 1.82) is 5.26 Å². The molecular formula is C37H37Cl2F2N3O4. The summed E-state index contributed by atoms with van der Waals surface area (Å²) < 4.78 is 42.9. The third kappa shape index (κ3) is 5.79. The number of unbranched alkanes of at least 4 members (excludes halogenated alkanes) is 1. The van der Waals surface area contributed by atoms with Crippen molar-refractivity contribution in [3.05, 3.63) is 98.7 Å². The Kier molecular flexibility index (Phi) is 9.83. The van der Waals surface area contributed by atoms with Gasteiger partial charge in [-0.25, -0.2) is 13.6 Å². The van der Waals surface area contributed by atoms with Gasteiger partial charge in [-0.3, -0.25) is 9.69 Å². The lowest BCUT2D eigenvalue weighted by Crippen LogP contribution is -2.52. The van der Waals surface area contributed by atoms with Gasteiger partial charge < -0.3 is 14.4 Å². The second kappa shape index (κ2) is 13.4. The molecule has 0 bridgehead atoms. The molecule has 11 heteroatoms. The monoisotopic (exact) mass is 695 g/mol. The molecule has 2 aliphatic heterocycles. The molecule has 2 aliphatic rings. The number of rotatable bonds is 9. The van der Waals surface area contributed by atoms with Crippen molar-refractivity contribution < 1.29 is 27.8 Å². The fourth-order valence-electron chi connectivity index (χ4n) is 7.03. The van der Waals surface area contributed by atoms with Gasteiger partial charge in [0.2, 0.25) is 0 Å². The van der Waals surface area contributed by atoms with Gasteiger partial charge in [0, 0.05) is 33.5 Å². The van der Waals surface area contributed by atoms with E-state index < -0.39 is 46.5 Å². The predicted octanol–water partition coefficient (Wildman–Crippen LogP) is 8.92. The minimum absolute atomic E-state index is 0.0161. The van der Waals surface area contributed by atoms with Crippen LogP contribution in [0.2, 0.25) is 10.0 Å². The zero-order valence-corrected chi connectivity index (χ0v) is 29.2. The average molecular weight is 697 g/mol. The number of methoxy groups -OCH3 is 2.